The Morgan fingerprint density at radius 1 is 1.07 bits per heavy atom. The van der Waals surface area contributed by atoms with E-state index >= 15 is 0 Å². The van der Waals surface area contributed by atoms with Crippen molar-refractivity contribution in [2.75, 3.05) is 12.4 Å². The minimum absolute atomic E-state index is 0.0114. The molecule has 0 aliphatic rings. The van der Waals surface area contributed by atoms with Crippen molar-refractivity contribution >= 4 is 43.5 Å². The van der Waals surface area contributed by atoms with Crippen molar-refractivity contribution in [3.63, 3.8) is 0 Å². The number of sulfonamides is 1. The first-order valence-electron chi connectivity index (χ1n) is 9.01. The molecule has 0 bridgehead atoms. The normalized spacial score (nSPS) is 12.3. The molecule has 1 atom stereocenters. The Balaban J connectivity index is 2.14. The summed E-state index contributed by atoms with van der Waals surface area (Å²) in [5, 5.41) is 2.63. The third kappa shape index (κ3) is 6.28. The van der Waals surface area contributed by atoms with Gasteiger partial charge in [0.15, 0.2) is 6.10 Å². The topological polar surface area (TPSA) is 111 Å². The van der Waals surface area contributed by atoms with Crippen LogP contribution >= 0.6 is 15.9 Å². The zero-order valence-corrected chi connectivity index (χ0v) is 19.3. The quantitative estimate of drug-likeness (QED) is 0.540. The molecule has 162 valence electrons. The molecule has 1 amide bonds. The van der Waals surface area contributed by atoms with E-state index in [0.717, 1.165) is 0 Å². The molecule has 0 heterocycles. The summed E-state index contributed by atoms with van der Waals surface area (Å²) < 4.78 is 37.8. The molecule has 8 nitrogen and oxygen atoms in total. The van der Waals surface area contributed by atoms with Crippen LogP contribution in [0.4, 0.5) is 5.69 Å². The van der Waals surface area contributed by atoms with Gasteiger partial charge < -0.3 is 14.8 Å². The van der Waals surface area contributed by atoms with Crippen LogP contribution in [0, 0.1) is 0 Å². The number of hydrogen-bond donors (Lipinski definition) is 2. The number of methoxy groups -OCH3 is 1. The maximum absolute atomic E-state index is 12.6. The van der Waals surface area contributed by atoms with Crippen LogP contribution in [0.5, 0.6) is 5.75 Å². The van der Waals surface area contributed by atoms with E-state index in [4.69, 9.17) is 9.47 Å². The number of esters is 1. The summed E-state index contributed by atoms with van der Waals surface area (Å²) in [4.78, 5) is 24.8. The van der Waals surface area contributed by atoms with Crippen LogP contribution in [0.2, 0.25) is 0 Å². The lowest BCUT2D eigenvalue weighted by Gasteiger charge is -2.15. The molecular formula is C20H23BrN2O6S. The number of ether oxygens (including phenoxy) is 2. The van der Waals surface area contributed by atoms with Crippen LogP contribution in [-0.2, 0) is 19.6 Å². The fraction of sp³-hybridized carbons (Fsp3) is 0.300. The molecule has 0 fully saturated rings. The zero-order chi connectivity index (χ0) is 22.5. The van der Waals surface area contributed by atoms with Gasteiger partial charge >= 0.3 is 5.97 Å². The Kier molecular flexibility index (Phi) is 7.99. The first kappa shape index (κ1) is 23.8. The monoisotopic (exact) mass is 498 g/mol. The number of halogens is 1. The Labute approximate surface area is 184 Å². The van der Waals surface area contributed by atoms with Crippen molar-refractivity contribution in [3.05, 3.63) is 52.5 Å². The van der Waals surface area contributed by atoms with Crippen LogP contribution in [0.15, 0.2) is 51.8 Å². The van der Waals surface area contributed by atoms with Crippen LogP contribution in [0.3, 0.4) is 0 Å². The van der Waals surface area contributed by atoms with Crippen molar-refractivity contribution in [2.24, 2.45) is 0 Å². The van der Waals surface area contributed by atoms with E-state index in [2.05, 4.69) is 26.0 Å². The third-order valence-electron chi connectivity index (χ3n) is 3.85. The van der Waals surface area contributed by atoms with E-state index in [9.17, 15) is 18.0 Å². The van der Waals surface area contributed by atoms with E-state index in [-0.39, 0.29) is 16.5 Å². The second-order valence-corrected chi connectivity index (χ2v) is 9.25. The van der Waals surface area contributed by atoms with Crippen molar-refractivity contribution in [3.8, 4) is 5.75 Å². The maximum Gasteiger partial charge on any atom is 0.340 e. The number of carbonyl (C=O) groups is 2. The standard InChI is InChI=1S/C20H23BrN2O6S/c1-12(2)23-30(26,27)16-8-9-18(21)17(11-16)20(25)29-13(3)19(24)22-14-6-5-7-15(10-14)28-4/h5-13,23H,1-4H3,(H,22,24)/t13-/m0/s1. The minimum Gasteiger partial charge on any atom is -0.497 e. The second-order valence-electron chi connectivity index (χ2n) is 6.69. The number of amides is 1. The molecule has 2 aromatic rings. The molecule has 0 unspecified atom stereocenters. The fourth-order valence-electron chi connectivity index (χ4n) is 2.43. The smallest absolute Gasteiger partial charge is 0.340 e. The Morgan fingerprint density at radius 2 is 1.77 bits per heavy atom. The third-order valence-corrected chi connectivity index (χ3v) is 6.20. The van der Waals surface area contributed by atoms with Gasteiger partial charge in [-0.1, -0.05) is 6.07 Å². The summed E-state index contributed by atoms with van der Waals surface area (Å²) in [6, 6.07) is 10.4. The highest BCUT2D eigenvalue weighted by Crippen LogP contribution is 2.23. The Morgan fingerprint density at radius 3 is 2.40 bits per heavy atom. The highest BCUT2D eigenvalue weighted by molar-refractivity contribution is 9.10. The van der Waals surface area contributed by atoms with Crippen LogP contribution in [0.1, 0.15) is 31.1 Å². The lowest BCUT2D eigenvalue weighted by Crippen LogP contribution is -2.31. The van der Waals surface area contributed by atoms with Gasteiger partial charge in [0.05, 0.1) is 17.6 Å². The molecule has 0 saturated carbocycles. The van der Waals surface area contributed by atoms with Gasteiger partial charge in [0.2, 0.25) is 10.0 Å². The fourth-order valence-corrected chi connectivity index (χ4v) is 4.11. The average molecular weight is 499 g/mol. The molecule has 0 spiro atoms. The zero-order valence-electron chi connectivity index (χ0n) is 16.9. The predicted molar refractivity (Wildman–Crippen MR) is 116 cm³/mol. The molecule has 2 aromatic carbocycles. The van der Waals surface area contributed by atoms with E-state index < -0.39 is 28.0 Å². The number of rotatable bonds is 8. The number of carbonyl (C=O) groups excluding carboxylic acids is 2. The van der Waals surface area contributed by atoms with E-state index in [1.807, 2.05) is 0 Å². The summed E-state index contributed by atoms with van der Waals surface area (Å²) >= 11 is 3.21. The van der Waals surface area contributed by atoms with Crippen molar-refractivity contribution < 1.29 is 27.5 Å². The summed E-state index contributed by atoms with van der Waals surface area (Å²) in [5.74, 6) is -0.816. The van der Waals surface area contributed by atoms with Crippen LogP contribution < -0.4 is 14.8 Å². The average Bonchev–Trinajstić information content (AvgIpc) is 2.67. The Bertz CT molecular complexity index is 1040. The predicted octanol–water partition coefficient (Wildman–Crippen LogP) is 3.33. The molecule has 0 aliphatic heterocycles. The SMILES string of the molecule is COc1cccc(NC(=O)[C@H](C)OC(=O)c2cc(S(=O)(=O)NC(C)C)ccc2Br)c1. The molecule has 0 saturated heterocycles. The van der Waals surface area contributed by atoms with Gasteiger partial charge in [-0.15, -0.1) is 0 Å². The summed E-state index contributed by atoms with van der Waals surface area (Å²) in [7, 11) is -2.29. The van der Waals surface area contributed by atoms with E-state index in [0.29, 0.717) is 15.9 Å². The molecule has 2 rings (SSSR count). The second kappa shape index (κ2) is 10.1. The maximum atomic E-state index is 12.6. The molecule has 10 heteroatoms. The molecule has 2 N–H and O–H groups in total. The molecule has 0 aliphatic carbocycles. The van der Waals surface area contributed by atoms with Crippen LogP contribution in [0.25, 0.3) is 0 Å². The summed E-state index contributed by atoms with van der Waals surface area (Å²) in [6.45, 7) is 4.80. The van der Waals surface area contributed by atoms with E-state index in [1.54, 1.807) is 38.1 Å². The van der Waals surface area contributed by atoms with Gasteiger partial charge in [-0.2, -0.15) is 0 Å². The summed E-state index contributed by atoms with van der Waals surface area (Å²) in [5.41, 5.74) is 0.471. The number of benzene rings is 2. The molecule has 30 heavy (non-hydrogen) atoms. The molecule has 0 aromatic heterocycles. The van der Waals surface area contributed by atoms with Crippen molar-refractivity contribution in [2.45, 2.75) is 37.8 Å². The molecule has 0 radical (unpaired) electrons. The van der Waals surface area contributed by atoms with Gasteiger partial charge in [-0.3, -0.25) is 4.79 Å². The first-order valence-corrected chi connectivity index (χ1v) is 11.3. The first-order chi connectivity index (χ1) is 14.0. The lowest BCUT2D eigenvalue weighted by atomic mass is 10.2. The van der Waals surface area contributed by atoms with Gasteiger partial charge in [-0.05, 0) is 67.0 Å². The largest absolute Gasteiger partial charge is 0.497 e. The Hall–Kier alpha value is -2.43. The van der Waals surface area contributed by atoms with Gasteiger partial charge in [0, 0.05) is 22.3 Å². The highest BCUT2D eigenvalue weighted by Gasteiger charge is 2.23. The van der Waals surface area contributed by atoms with Gasteiger partial charge in [0.25, 0.3) is 5.91 Å². The number of hydrogen-bond acceptors (Lipinski definition) is 6. The number of nitrogens with one attached hydrogen (secondary N) is 2. The van der Waals surface area contributed by atoms with E-state index in [1.165, 1.54) is 32.2 Å². The van der Waals surface area contributed by atoms with Gasteiger partial charge in [0.1, 0.15) is 5.75 Å². The minimum atomic E-state index is -3.79. The summed E-state index contributed by atoms with van der Waals surface area (Å²) in [6.07, 6.45) is -1.12. The van der Waals surface area contributed by atoms with Crippen molar-refractivity contribution in [1.29, 1.82) is 0 Å². The lowest BCUT2D eigenvalue weighted by molar-refractivity contribution is -0.123. The highest BCUT2D eigenvalue weighted by atomic mass is 79.9. The molecular weight excluding hydrogens is 476 g/mol. The number of anilines is 1. The van der Waals surface area contributed by atoms with Gasteiger partial charge in [-0.25, -0.2) is 17.9 Å². The van der Waals surface area contributed by atoms with Crippen molar-refractivity contribution in [1.82, 2.24) is 4.72 Å². The van der Waals surface area contributed by atoms with Crippen LogP contribution in [-0.4, -0.2) is 39.5 Å².